The molecular weight excluding hydrogens is 893 g/mol. The van der Waals surface area contributed by atoms with Gasteiger partial charge in [-0.2, -0.15) is 0 Å². The van der Waals surface area contributed by atoms with Crippen LogP contribution in [0.3, 0.4) is 0 Å². The Bertz CT molecular complexity index is 3420. The van der Waals surface area contributed by atoms with E-state index in [1.165, 1.54) is 129 Å². The molecule has 0 heterocycles. The van der Waals surface area contributed by atoms with E-state index in [0.29, 0.717) is 11.8 Å². The van der Waals surface area contributed by atoms with Crippen molar-refractivity contribution in [2.45, 2.75) is 63.2 Å². The van der Waals surface area contributed by atoms with Crippen LogP contribution in [-0.2, 0) is 0 Å². The smallest absolute Gasteiger partial charge is 0.0468 e. The zero-order valence-electron chi connectivity index (χ0n) is 42.0. The van der Waals surface area contributed by atoms with Crippen LogP contribution in [0.15, 0.2) is 255 Å². The second-order valence-corrected chi connectivity index (χ2v) is 20.6. The first-order chi connectivity index (χ1) is 36.7. The molecule has 2 nitrogen and oxygen atoms in total. The lowest BCUT2D eigenvalue weighted by Crippen LogP contribution is -2.11. The number of fused-ring (bicyclic) bond motifs is 2. The molecule has 2 aliphatic carbocycles. The lowest BCUT2D eigenvalue weighted by molar-refractivity contribution is 0.723. The standard InChI is InChI=1S/C72H60N2/c1-5-17-51(18-6-1)55-29-37-61(38-30-55)73(63-41-33-57(34-42-63)53-21-13-14-22-53)65-45-47-67-69(49-65)71(59-25-9-3-10-26-59)68-48-46-66(50-70(68)72(67)60-27-11-4-12-28-60)74(64-43-35-58(36-44-64)54-23-15-16-24-54)62-39-31-56(32-40-62)52-19-7-2-8-20-52/h1-12,17-20,25-50,53-54H,13-16,21-24H2. The van der Waals surface area contributed by atoms with E-state index in [1.54, 1.807) is 0 Å². The Kier molecular flexibility index (Phi) is 12.4. The van der Waals surface area contributed by atoms with Crippen LogP contribution in [0.4, 0.5) is 34.1 Å². The average molecular weight is 953 g/mol. The topological polar surface area (TPSA) is 6.48 Å². The van der Waals surface area contributed by atoms with Gasteiger partial charge in [0.2, 0.25) is 0 Å². The lowest BCUT2D eigenvalue weighted by atomic mass is 9.85. The van der Waals surface area contributed by atoms with Gasteiger partial charge in [0, 0.05) is 34.1 Å². The summed E-state index contributed by atoms with van der Waals surface area (Å²) in [6, 6.07) is 95.1. The molecule has 0 saturated heterocycles. The quantitative estimate of drug-likeness (QED) is 0.113. The van der Waals surface area contributed by atoms with Gasteiger partial charge in [-0.05, 0) is 187 Å². The maximum absolute atomic E-state index is 2.46. The fourth-order valence-electron chi connectivity index (χ4n) is 12.4. The maximum atomic E-state index is 2.46. The molecule has 0 unspecified atom stereocenters. The van der Waals surface area contributed by atoms with Crippen LogP contribution in [0, 0.1) is 0 Å². The Hall–Kier alpha value is -8.46. The largest absolute Gasteiger partial charge is 0.310 e. The third kappa shape index (κ3) is 8.85. The zero-order chi connectivity index (χ0) is 49.2. The van der Waals surface area contributed by atoms with Crippen LogP contribution in [0.5, 0.6) is 0 Å². The molecule has 74 heavy (non-hydrogen) atoms. The van der Waals surface area contributed by atoms with Gasteiger partial charge in [0.1, 0.15) is 0 Å². The van der Waals surface area contributed by atoms with Crippen LogP contribution in [0.25, 0.3) is 66.1 Å². The lowest BCUT2D eigenvalue weighted by Gasteiger charge is -2.28. The first-order valence-corrected chi connectivity index (χ1v) is 27.0. The van der Waals surface area contributed by atoms with Crippen LogP contribution >= 0.6 is 0 Å². The Labute approximate surface area is 436 Å². The van der Waals surface area contributed by atoms with Crippen LogP contribution < -0.4 is 9.80 Å². The van der Waals surface area contributed by atoms with Gasteiger partial charge < -0.3 is 9.80 Å². The van der Waals surface area contributed by atoms with Crippen molar-refractivity contribution in [2.75, 3.05) is 9.80 Å². The third-order valence-electron chi connectivity index (χ3n) is 16.1. The molecule has 358 valence electrons. The highest BCUT2D eigenvalue weighted by molar-refractivity contribution is 6.22. The third-order valence-corrected chi connectivity index (χ3v) is 16.1. The number of benzene rings is 11. The molecule has 0 atom stereocenters. The summed E-state index contributed by atoms with van der Waals surface area (Å²) in [5.41, 5.74) is 19.4. The van der Waals surface area contributed by atoms with Gasteiger partial charge in [-0.25, -0.2) is 0 Å². The van der Waals surface area contributed by atoms with Crippen LogP contribution in [-0.4, -0.2) is 0 Å². The van der Waals surface area contributed by atoms with Gasteiger partial charge in [-0.1, -0.05) is 208 Å². The minimum Gasteiger partial charge on any atom is -0.310 e. The predicted molar refractivity (Wildman–Crippen MR) is 315 cm³/mol. The SMILES string of the molecule is c1ccc(-c2ccc(N(c3ccc(C4CCCC4)cc3)c3ccc4c(-c5ccccc5)c5cc(N(c6ccc(-c7ccccc7)cc6)c6ccc(C7CCCC7)cc6)ccc5c(-c5ccccc5)c4c3)cc2)cc1. The summed E-state index contributed by atoms with van der Waals surface area (Å²) < 4.78 is 0. The van der Waals surface area contributed by atoms with Gasteiger partial charge >= 0.3 is 0 Å². The van der Waals surface area contributed by atoms with Crippen molar-refractivity contribution in [3.8, 4) is 44.5 Å². The molecule has 0 spiro atoms. The van der Waals surface area contributed by atoms with Gasteiger partial charge in [-0.3, -0.25) is 0 Å². The number of hydrogen-bond donors (Lipinski definition) is 0. The molecule has 2 heteroatoms. The molecule has 0 aromatic heterocycles. The summed E-state index contributed by atoms with van der Waals surface area (Å²) >= 11 is 0. The first-order valence-electron chi connectivity index (χ1n) is 27.0. The Balaban J connectivity index is 1.01. The highest BCUT2D eigenvalue weighted by atomic mass is 15.1. The highest BCUT2D eigenvalue weighted by Gasteiger charge is 2.24. The molecule has 11 aromatic rings. The van der Waals surface area contributed by atoms with E-state index in [4.69, 9.17) is 0 Å². The van der Waals surface area contributed by atoms with Gasteiger partial charge in [0.05, 0.1) is 0 Å². The van der Waals surface area contributed by atoms with E-state index < -0.39 is 0 Å². The van der Waals surface area contributed by atoms with Crippen LogP contribution in [0.1, 0.15) is 74.3 Å². The van der Waals surface area contributed by atoms with E-state index in [0.717, 1.165) is 34.1 Å². The van der Waals surface area contributed by atoms with E-state index in [9.17, 15) is 0 Å². The number of rotatable bonds is 12. The zero-order valence-corrected chi connectivity index (χ0v) is 42.0. The summed E-state index contributed by atoms with van der Waals surface area (Å²) in [6.45, 7) is 0. The molecule has 2 aliphatic rings. The van der Waals surface area contributed by atoms with E-state index >= 15 is 0 Å². The molecule has 0 N–H and O–H groups in total. The second kappa shape index (κ2) is 20.2. The minimum atomic E-state index is 0.649. The highest BCUT2D eigenvalue weighted by Crippen LogP contribution is 2.49. The summed E-state index contributed by atoms with van der Waals surface area (Å²) in [5, 5.41) is 4.88. The minimum absolute atomic E-state index is 0.649. The fourth-order valence-corrected chi connectivity index (χ4v) is 12.4. The summed E-state index contributed by atoms with van der Waals surface area (Å²) in [4.78, 5) is 4.91. The molecular formula is C72H60N2. The van der Waals surface area contributed by atoms with Crippen LogP contribution in [0.2, 0.25) is 0 Å². The monoisotopic (exact) mass is 952 g/mol. The normalized spacial score (nSPS) is 13.9. The van der Waals surface area contributed by atoms with Crippen molar-refractivity contribution in [3.05, 3.63) is 266 Å². The van der Waals surface area contributed by atoms with Crippen molar-refractivity contribution in [2.24, 2.45) is 0 Å². The number of hydrogen-bond acceptors (Lipinski definition) is 2. The van der Waals surface area contributed by atoms with Gasteiger partial charge in [-0.15, -0.1) is 0 Å². The molecule has 0 radical (unpaired) electrons. The fraction of sp³-hybridized carbons (Fsp3) is 0.139. The van der Waals surface area contributed by atoms with Crippen molar-refractivity contribution < 1.29 is 0 Å². The molecule has 0 amide bonds. The predicted octanol–water partition coefficient (Wildman–Crippen LogP) is 20.9. The molecule has 13 rings (SSSR count). The average Bonchev–Trinajstić information content (AvgIpc) is 4.24. The van der Waals surface area contributed by atoms with Crippen molar-refractivity contribution in [1.82, 2.24) is 0 Å². The molecule has 11 aromatic carbocycles. The Morgan fingerprint density at radius 2 is 0.500 bits per heavy atom. The van der Waals surface area contributed by atoms with E-state index in [-0.39, 0.29) is 0 Å². The van der Waals surface area contributed by atoms with E-state index in [1.807, 2.05) is 0 Å². The van der Waals surface area contributed by atoms with Crippen molar-refractivity contribution >= 4 is 55.7 Å². The molecule has 2 saturated carbocycles. The number of anilines is 6. The summed E-state index contributed by atoms with van der Waals surface area (Å²) in [5.74, 6) is 1.30. The van der Waals surface area contributed by atoms with Crippen molar-refractivity contribution in [1.29, 1.82) is 0 Å². The molecule has 0 bridgehead atoms. The maximum Gasteiger partial charge on any atom is 0.0468 e. The molecule has 2 fully saturated rings. The van der Waals surface area contributed by atoms with E-state index in [2.05, 4.69) is 265 Å². The Morgan fingerprint density at radius 1 is 0.230 bits per heavy atom. The molecule has 0 aliphatic heterocycles. The first kappa shape index (κ1) is 45.4. The Morgan fingerprint density at radius 3 is 0.824 bits per heavy atom. The van der Waals surface area contributed by atoms with Gasteiger partial charge in [0.15, 0.2) is 0 Å². The second-order valence-electron chi connectivity index (χ2n) is 20.6. The number of nitrogens with zero attached hydrogens (tertiary/aromatic N) is 2. The summed E-state index contributed by atoms with van der Waals surface area (Å²) in [7, 11) is 0. The summed E-state index contributed by atoms with van der Waals surface area (Å²) in [6.07, 6.45) is 10.4. The van der Waals surface area contributed by atoms with Crippen molar-refractivity contribution in [3.63, 3.8) is 0 Å². The van der Waals surface area contributed by atoms with Gasteiger partial charge in [0.25, 0.3) is 0 Å².